The Hall–Kier alpha value is -3.22. The van der Waals surface area contributed by atoms with Crippen LogP contribution in [0.25, 0.3) is 0 Å². The molecule has 1 aromatic heterocycles. The van der Waals surface area contributed by atoms with E-state index in [1.165, 1.54) is 30.5 Å². The minimum atomic E-state index is -1.01. The standard InChI is InChI=1S/C15H13N3O4/c19-14(10-18-7-5-11(6-8-18)9-16-22)17-13-3-1-12(2-4-13)15(20)21/h1-9H,10H2,(H2,17,19,20,21)/p+1. The molecule has 0 aliphatic rings. The van der Waals surface area contributed by atoms with E-state index in [4.69, 9.17) is 10.3 Å². The van der Waals surface area contributed by atoms with Crippen LogP contribution < -0.4 is 9.88 Å². The number of pyridine rings is 1. The summed E-state index contributed by atoms with van der Waals surface area (Å²) in [5.74, 6) is -1.25. The van der Waals surface area contributed by atoms with Gasteiger partial charge in [0.2, 0.25) is 6.54 Å². The maximum Gasteiger partial charge on any atom is 0.335 e. The lowest BCUT2D eigenvalue weighted by molar-refractivity contribution is -0.684. The highest BCUT2D eigenvalue weighted by Crippen LogP contribution is 2.09. The molecule has 0 unspecified atom stereocenters. The Kier molecular flexibility index (Phi) is 4.81. The normalized spacial score (nSPS) is 10.5. The smallest absolute Gasteiger partial charge is 0.335 e. The van der Waals surface area contributed by atoms with Gasteiger partial charge in [0.25, 0.3) is 5.91 Å². The molecule has 22 heavy (non-hydrogen) atoms. The number of carboxylic acids is 1. The summed E-state index contributed by atoms with van der Waals surface area (Å²) in [5, 5.41) is 22.8. The summed E-state index contributed by atoms with van der Waals surface area (Å²) < 4.78 is 1.66. The van der Waals surface area contributed by atoms with Crippen molar-refractivity contribution in [2.24, 2.45) is 5.16 Å². The maximum atomic E-state index is 11.9. The predicted molar refractivity (Wildman–Crippen MR) is 78.0 cm³/mol. The number of hydrogen-bond acceptors (Lipinski definition) is 4. The van der Waals surface area contributed by atoms with Gasteiger partial charge >= 0.3 is 5.97 Å². The van der Waals surface area contributed by atoms with Crippen LogP contribution in [-0.2, 0) is 11.3 Å². The number of carbonyl (C=O) groups is 2. The topological polar surface area (TPSA) is 103 Å². The first-order chi connectivity index (χ1) is 10.6. The highest BCUT2D eigenvalue weighted by molar-refractivity contribution is 5.91. The van der Waals surface area contributed by atoms with Crippen LogP contribution in [0.15, 0.2) is 53.9 Å². The van der Waals surface area contributed by atoms with Gasteiger partial charge in [-0.3, -0.25) is 4.79 Å². The predicted octanol–water partition coefficient (Wildman–Crippen LogP) is 1.12. The number of nitrogens with zero attached hydrogens (tertiary/aromatic N) is 2. The van der Waals surface area contributed by atoms with Gasteiger partial charge in [0, 0.05) is 23.4 Å². The molecule has 0 radical (unpaired) electrons. The van der Waals surface area contributed by atoms with E-state index in [1.54, 1.807) is 29.1 Å². The Morgan fingerprint density at radius 1 is 1.14 bits per heavy atom. The molecule has 1 aromatic carbocycles. The number of oxime groups is 1. The van der Waals surface area contributed by atoms with Gasteiger partial charge in [-0.25, -0.2) is 4.79 Å². The number of aromatic nitrogens is 1. The van der Waals surface area contributed by atoms with Gasteiger partial charge in [-0.15, -0.1) is 0 Å². The lowest BCUT2D eigenvalue weighted by Gasteiger charge is -2.03. The van der Waals surface area contributed by atoms with E-state index in [0.717, 1.165) is 0 Å². The van der Waals surface area contributed by atoms with Crippen molar-refractivity contribution in [1.82, 2.24) is 0 Å². The molecule has 1 amide bonds. The summed E-state index contributed by atoms with van der Waals surface area (Å²) in [7, 11) is 0. The van der Waals surface area contributed by atoms with Crippen molar-refractivity contribution in [3.8, 4) is 0 Å². The van der Waals surface area contributed by atoms with Gasteiger partial charge in [0.1, 0.15) is 0 Å². The number of rotatable bonds is 5. The number of hydrogen-bond donors (Lipinski definition) is 3. The number of anilines is 1. The van der Waals surface area contributed by atoms with Gasteiger partial charge < -0.3 is 15.6 Å². The van der Waals surface area contributed by atoms with E-state index in [1.807, 2.05) is 0 Å². The van der Waals surface area contributed by atoms with Crippen molar-refractivity contribution in [2.75, 3.05) is 5.32 Å². The number of carboxylic acid groups (broad SMARTS) is 1. The molecule has 7 heteroatoms. The number of benzene rings is 1. The molecule has 0 saturated carbocycles. The SMILES string of the molecule is O=C(C[n+]1ccc(C=NO)cc1)Nc1ccc(C(=O)O)cc1. The average molecular weight is 300 g/mol. The lowest BCUT2D eigenvalue weighted by Crippen LogP contribution is -2.39. The summed E-state index contributed by atoms with van der Waals surface area (Å²) >= 11 is 0. The minimum Gasteiger partial charge on any atom is -0.478 e. The highest BCUT2D eigenvalue weighted by atomic mass is 16.4. The second-order valence-electron chi connectivity index (χ2n) is 4.48. The van der Waals surface area contributed by atoms with Crippen LogP contribution in [0.1, 0.15) is 15.9 Å². The first kappa shape index (κ1) is 15.2. The molecule has 3 N–H and O–H groups in total. The zero-order valence-corrected chi connectivity index (χ0v) is 11.5. The third-order valence-electron chi connectivity index (χ3n) is 2.87. The summed E-state index contributed by atoms with van der Waals surface area (Å²) in [6, 6.07) is 9.32. The average Bonchev–Trinajstić information content (AvgIpc) is 2.50. The minimum absolute atomic E-state index is 0.108. The molecule has 0 spiro atoms. The summed E-state index contributed by atoms with van der Waals surface area (Å²) in [6.07, 6.45) is 4.66. The van der Waals surface area contributed by atoms with Crippen molar-refractivity contribution < 1.29 is 24.5 Å². The zero-order valence-electron chi connectivity index (χ0n) is 11.5. The van der Waals surface area contributed by atoms with Crippen molar-refractivity contribution >= 4 is 23.8 Å². The molecule has 0 saturated heterocycles. The molecule has 2 rings (SSSR count). The van der Waals surface area contributed by atoms with Crippen LogP contribution in [0.3, 0.4) is 0 Å². The monoisotopic (exact) mass is 300 g/mol. The van der Waals surface area contributed by atoms with Gasteiger partial charge in [-0.1, -0.05) is 5.16 Å². The van der Waals surface area contributed by atoms with Gasteiger partial charge in [-0.05, 0) is 24.3 Å². The van der Waals surface area contributed by atoms with E-state index in [2.05, 4.69) is 10.5 Å². The third kappa shape index (κ3) is 4.14. The van der Waals surface area contributed by atoms with Crippen LogP contribution in [0.4, 0.5) is 5.69 Å². The van der Waals surface area contributed by atoms with E-state index in [0.29, 0.717) is 11.3 Å². The number of amides is 1. The van der Waals surface area contributed by atoms with E-state index < -0.39 is 5.97 Å². The Labute approximate surface area is 126 Å². The Morgan fingerprint density at radius 2 is 1.77 bits per heavy atom. The second kappa shape index (κ2) is 6.98. The van der Waals surface area contributed by atoms with Crippen molar-refractivity contribution in [3.63, 3.8) is 0 Å². The lowest BCUT2D eigenvalue weighted by atomic mass is 10.2. The van der Waals surface area contributed by atoms with Gasteiger partial charge in [0.05, 0.1) is 11.8 Å². The number of nitrogens with one attached hydrogen (secondary N) is 1. The molecule has 0 aliphatic heterocycles. The molecule has 0 fully saturated rings. The van der Waals surface area contributed by atoms with Crippen LogP contribution in [0.2, 0.25) is 0 Å². The quantitative estimate of drug-likeness (QED) is 0.333. The summed E-state index contributed by atoms with van der Waals surface area (Å²) in [6.45, 7) is 0.108. The molecular weight excluding hydrogens is 286 g/mol. The van der Waals surface area contributed by atoms with Crippen LogP contribution in [0, 0.1) is 0 Å². The Bertz CT molecular complexity index is 694. The number of aromatic carboxylic acids is 1. The van der Waals surface area contributed by atoms with Crippen LogP contribution in [0.5, 0.6) is 0 Å². The molecule has 0 atom stereocenters. The molecule has 2 aromatic rings. The molecule has 112 valence electrons. The first-order valence-corrected chi connectivity index (χ1v) is 6.38. The summed E-state index contributed by atoms with van der Waals surface area (Å²) in [4.78, 5) is 22.6. The molecule has 0 aliphatic carbocycles. The van der Waals surface area contributed by atoms with Crippen molar-refractivity contribution in [2.45, 2.75) is 6.54 Å². The fourth-order valence-corrected chi connectivity index (χ4v) is 1.79. The van der Waals surface area contributed by atoms with Crippen molar-refractivity contribution in [3.05, 3.63) is 59.9 Å². The zero-order chi connectivity index (χ0) is 15.9. The third-order valence-corrected chi connectivity index (χ3v) is 2.87. The van der Waals surface area contributed by atoms with E-state index >= 15 is 0 Å². The van der Waals surface area contributed by atoms with Crippen LogP contribution in [-0.4, -0.2) is 28.4 Å². The van der Waals surface area contributed by atoms with Gasteiger partial charge in [-0.2, -0.15) is 4.57 Å². The largest absolute Gasteiger partial charge is 0.478 e. The van der Waals surface area contributed by atoms with Crippen LogP contribution >= 0.6 is 0 Å². The number of carbonyl (C=O) groups excluding carboxylic acids is 1. The first-order valence-electron chi connectivity index (χ1n) is 6.38. The second-order valence-corrected chi connectivity index (χ2v) is 4.48. The maximum absolute atomic E-state index is 11.9. The Morgan fingerprint density at radius 3 is 2.32 bits per heavy atom. The van der Waals surface area contributed by atoms with Gasteiger partial charge in [0.15, 0.2) is 12.4 Å². The Balaban J connectivity index is 1.96. The molecule has 7 nitrogen and oxygen atoms in total. The highest BCUT2D eigenvalue weighted by Gasteiger charge is 2.10. The van der Waals surface area contributed by atoms with E-state index in [-0.39, 0.29) is 18.0 Å². The molecule has 1 heterocycles. The fourth-order valence-electron chi connectivity index (χ4n) is 1.79. The fraction of sp³-hybridized carbons (Fsp3) is 0.0667. The van der Waals surface area contributed by atoms with E-state index in [9.17, 15) is 9.59 Å². The van der Waals surface area contributed by atoms with Crippen molar-refractivity contribution in [1.29, 1.82) is 0 Å². The molecular formula is C15H14N3O4+. The summed E-state index contributed by atoms with van der Waals surface area (Å²) in [5.41, 5.74) is 1.40. The molecule has 0 bridgehead atoms.